The van der Waals surface area contributed by atoms with Crippen LogP contribution in [-0.4, -0.2) is 41.9 Å². The standard InChI is InChI=1S/C19H21N3O3/c1-25-17-10-3-2-7-14(17)13-20-18(23)15-8-6-9-16(21-15)19(24)22-11-4-5-12-22/h2-3,6-10H,4-5,11-13H2,1H3,(H,20,23). The summed E-state index contributed by atoms with van der Waals surface area (Å²) >= 11 is 0. The molecule has 0 unspecified atom stereocenters. The zero-order valence-electron chi connectivity index (χ0n) is 14.2. The second-order valence-electron chi connectivity index (χ2n) is 5.90. The Bertz CT molecular complexity index is 770. The van der Waals surface area contributed by atoms with Crippen LogP contribution in [0.3, 0.4) is 0 Å². The number of carbonyl (C=O) groups is 2. The summed E-state index contributed by atoms with van der Waals surface area (Å²) in [5.41, 5.74) is 1.43. The van der Waals surface area contributed by atoms with Gasteiger partial charge in [0, 0.05) is 25.2 Å². The van der Waals surface area contributed by atoms with E-state index in [0.717, 1.165) is 31.5 Å². The number of para-hydroxylation sites is 1. The first-order valence-corrected chi connectivity index (χ1v) is 8.35. The number of methoxy groups -OCH3 is 1. The van der Waals surface area contributed by atoms with E-state index < -0.39 is 0 Å². The second-order valence-corrected chi connectivity index (χ2v) is 5.90. The third-order valence-electron chi connectivity index (χ3n) is 4.23. The smallest absolute Gasteiger partial charge is 0.272 e. The third kappa shape index (κ3) is 3.96. The summed E-state index contributed by atoms with van der Waals surface area (Å²) in [4.78, 5) is 30.8. The van der Waals surface area contributed by atoms with Gasteiger partial charge in [0.2, 0.25) is 0 Å². The molecule has 0 spiro atoms. The number of likely N-dealkylation sites (tertiary alicyclic amines) is 1. The molecule has 3 rings (SSSR count). The molecule has 0 bridgehead atoms. The lowest BCUT2D eigenvalue weighted by molar-refractivity contribution is 0.0787. The number of aromatic nitrogens is 1. The van der Waals surface area contributed by atoms with Gasteiger partial charge in [0.1, 0.15) is 17.1 Å². The maximum Gasteiger partial charge on any atom is 0.272 e. The molecule has 1 aliphatic rings. The predicted molar refractivity (Wildman–Crippen MR) is 93.5 cm³/mol. The summed E-state index contributed by atoms with van der Waals surface area (Å²) < 4.78 is 5.27. The molecule has 1 N–H and O–H groups in total. The van der Waals surface area contributed by atoms with E-state index in [1.54, 1.807) is 30.2 Å². The van der Waals surface area contributed by atoms with E-state index in [1.165, 1.54) is 0 Å². The first-order valence-electron chi connectivity index (χ1n) is 8.35. The number of amides is 2. The average molecular weight is 339 g/mol. The molecule has 0 atom stereocenters. The molecule has 2 amide bonds. The van der Waals surface area contributed by atoms with Gasteiger partial charge in [-0.15, -0.1) is 0 Å². The van der Waals surface area contributed by atoms with Crippen LogP contribution < -0.4 is 10.1 Å². The molecule has 2 aromatic rings. The molecule has 0 saturated carbocycles. The average Bonchev–Trinajstić information content (AvgIpc) is 3.20. The van der Waals surface area contributed by atoms with Crippen LogP contribution >= 0.6 is 0 Å². The van der Waals surface area contributed by atoms with Gasteiger partial charge in [-0.25, -0.2) is 4.98 Å². The van der Waals surface area contributed by atoms with E-state index in [9.17, 15) is 9.59 Å². The highest BCUT2D eigenvalue weighted by atomic mass is 16.5. The third-order valence-corrected chi connectivity index (χ3v) is 4.23. The number of carbonyl (C=O) groups excluding carboxylic acids is 2. The molecule has 0 aliphatic carbocycles. The number of ether oxygens (including phenoxy) is 1. The van der Waals surface area contributed by atoms with Crippen molar-refractivity contribution in [2.24, 2.45) is 0 Å². The Hall–Kier alpha value is -2.89. The van der Waals surface area contributed by atoms with Gasteiger partial charge >= 0.3 is 0 Å². The molecule has 6 nitrogen and oxygen atoms in total. The Morgan fingerprint density at radius 1 is 1.08 bits per heavy atom. The first kappa shape index (κ1) is 17.0. The lowest BCUT2D eigenvalue weighted by atomic mass is 10.2. The molecular weight excluding hydrogens is 318 g/mol. The summed E-state index contributed by atoms with van der Waals surface area (Å²) in [7, 11) is 1.59. The number of nitrogens with zero attached hydrogens (tertiary/aromatic N) is 2. The predicted octanol–water partition coefficient (Wildman–Crippen LogP) is 2.26. The Kier molecular flexibility index (Phi) is 5.28. The van der Waals surface area contributed by atoms with Gasteiger partial charge < -0.3 is 15.0 Å². The van der Waals surface area contributed by atoms with Gasteiger partial charge in [-0.05, 0) is 31.0 Å². The van der Waals surface area contributed by atoms with E-state index in [-0.39, 0.29) is 17.5 Å². The van der Waals surface area contributed by atoms with Gasteiger partial charge in [0.05, 0.1) is 7.11 Å². The van der Waals surface area contributed by atoms with Crippen LogP contribution in [0.5, 0.6) is 5.75 Å². The lowest BCUT2D eigenvalue weighted by Crippen LogP contribution is -2.30. The highest BCUT2D eigenvalue weighted by molar-refractivity contribution is 5.96. The van der Waals surface area contributed by atoms with Crippen molar-refractivity contribution < 1.29 is 14.3 Å². The lowest BCUT2D eigenvalue weighted by Gasteiger charge is -2.15. The van der Waals surface area contributed by atoms with Crippen molar-refractivity contribution in [2.45, 2.75) is 19.4 Å². The van der Waals surface area contributed by atoms with E-state index in [1.807, 2.05) is 24.3 Å². The van der Waals surface area contributed by atoms with Crippen molar-refractivity contribution in [3.63, 3.8) is 0 Å². The topological polar surface area (TPSA) is 71.5 Å². The number of hydrogen-bond acceptors (Lipinski definition) is 4. The Balaban J connectivity index is 1.68. The van der Waals surface area contributed by atoms with E-state index in [0.29, 0.717) is 18.0 Å². The van der Waals surface area contributed by atoms with Crippen LogP contribution in [0.25, 0.3) is 0 Å². The van der Waals surface area contributed by atoms with Crippen molar-refractivity contribution >= 4 is 11.8 Å². The number of pyridine rings is 1. The largest absolute Gasteiger partial charge is 0.496 e. The summed E-state index contributed by atoms with van der Waals surface area (Å²) in [5.74, 6) is 0.285. The number of benzene rings is 1. The molecule has 6 heteroatoms. The van der Waals surface area contributed by atoms with Gasteiger partial charge in [-0.1, -0.05) is 24.3 Å². The van der Waals surface area contributed by atoms with Crippen molar-refractivity contribution in [2.75, 3.05) is 20.2 Å². The van der Waals surface area contributed by atoms with E-state index in [2.05, 4.69) is 10.3 Å². The van der Waals surface area contributed by atoms with Crippen molar-refractivity contribution in [1.29, 1.82) is 0 Å². The molecule has 1 aromatic heterocycles. The highest BCUT2D eigenvalue weighted by Gasteiger charge is 2.21. The molecule has 1 aromatic carbocycles. The van der Waals surface area contributed by atoms with Crippen molar-refractivity contribution in [3.8, 4) is 5.75 Å². The monoisotopic (exact) mass is 339 g/mol. The fourth-order valence-corrected chi connectivity index (χ4v) is 2.88. The number of rotatable bonds is 5. The summed E-state index contributed by atoms with van der Waals surface area (Å²) in [6.07, 6.45) is 2.04. The fraction of sp³-hybridized carbons (Fsp3) is 0.316. The van der Waals surface area contributed by atoms with Crippen molar-refractivity contribution in [3.05, 3.63) is 59.4 Å². The first-order chi connectivity index (χ1) is 12.2. The maximum absolute atomic E-state index is 12.4. The zero-order chi connectivity index (χ0) is 17.6. The normalized spacial score (nSPS) is 13.6. The molecular formula is C19H21N3O3. The van der Waals surface area contributed by atoms with E-state index in [4.69, 9.17) is 4.74 Å². The van der Waals surface area contributed by atoms with Crippen LogP contribution in [-0.2, 0) is 6.54 Å². The quantitative estimate of drug-likeness (QED) is 0.907. The Morgan fingerprint density at radius 2 is 1.80 bits per heavy atom. The number of hydrogen-bond donors (Lipinski definition) is 1. The second kappa shape index (κ2) is 7.79. The summed E-state index contributed by atoms with van der Waals surface area (Å²) in [6.45, 7) is 1.84. The molecule has 130 valence electrons. The molecule has 1 aliphatic heterocycles. The van der Waals surface area contributed by atoms with Crippen LogP contribution in [0.2, 0.25) is 0 Å². The molecule has 25 heavy (non-hydrogen) atoms. The van der Waals surface area contributed by atoms with Crippen molar-refractivity contribution in [1.82, 2.24) is 15.2 Å². The minimum Gasteiger partial charge on any atom is -0.496 e. The van der Waals surface area contributed by atoms with Crippen LogP contribution in [0, 0.1) is 0 Å². The van der Waals surface area contributed by atoms with E-state index >= 15 is 0 Å². The summed E-state index contributed by atoms with van der Waals surface area (Å²) in [6, 6.07) is 12.4. The highest BCUT2D eigenvalue weighted by Crippen LogP contribution is 2.17. The van der Waals surface area contributed by atoms with Gasteiger partial charge in [0.15, 0.2) is 0 Å². The molecule has 1 fully saturated rings. The fourth-order valence-electron chi connectivity index (χ4n) is 2.88. The van der Waals surface area contributed by atoms with Gasteiger partial charge in [0.25, 0.3) is 11.8 Å². The molecule has 0 radical (unpaired) electrons. The SMILES string of the molecule is COc1ccccc1CNC(=O)c1cccc(C(=O)N2CCCC2)n1. The zero-order valence-corrected chi connectivity index (χ0v) is 14.2. The number of nitrogens with one attached hydrogen (secondary N) is 1. The van der Waals surface area contributed by atoms with Gasteiger partial charge in [-0.3, -0.25) is 9.59 Å². The maximum atomic E-state index is 12.4. The van der Waals surface area contributed by atoms with Crippen LogP contribution in [0.1, 0.15) is 39.4 Å². The minimum atomic E-state index is -0.318. The summed E-state index contributed by atoms with van der Waals surface area (Å²) in [5, 5.41) is 2.82. The minimum absolute atomic E-state index is 0.114. The Morgan fingerprint density at radius 3 is 2.56 bits per heavy atom. The Labute approximate surface area is 146 Å². The van der Waals surface area contributed by atoms with Crippen LogP contribution in [0.4, 0.5) is 0 Å². The molecule has 1 saturated heterocycles. The van der Waals surface area contributed by atoms with Crippen LogP contribution in [0.15, 0.2) is 42.5 Å². The molecule has 2 heterocycles. The van der Waals surface area contributed by atoms with Gasteiger partial charge in [-0.2, -0.15) is 0 Å².